The maximum absolute atomic E-state index is 5.27. The monoisotopic (exact) mass is 431 g/mol. The van der Waals surface area contributed by atoms with Gasteiger partial charge in [-0.25, -0.2) is 9.99 Å². The summed E-state index contributed by atoms with van der Waals surface area (Å²) in [7, 11) is 1.68. The van der Waals surface area contributed by atoms with Crippen LogP contribution in [0, 0.1) is 6.92 Å². The lowest BCUT2D eigenvalue weighted by Crippen LogP contribution is -2.18. The lowest BCUT2D eigenvalue weighted by molar-refractivity contribution is 0.415. The van der Waals surface area contributed by atoms with Gasteiger partial charge in [0.15, 0.2) is 0 Å². The first-order valence-electron chi connectivity index (χ1n) is 9.78. The highest BCUT2D eigenvalue weighted by Gasteiger charge is 2.32. The molecule has 150 valence electrons. The van der Waals surface area contributed by atoms with Crippen LogP contribution in [0.25, 0.3) is 11.3 Å². The lowest BCUT2D eigenvalue weighted by Gasteiger charge is -2.21. The summed E-state index contributed by atoms with van der Waals surface area (Å²) in [6.45, 7) is 2.12. The minimum Gasteiger partial charge on any atom is -0.497 e. The van der Waals surface area contributed by atoms with Gasteiger partial charge in [-0.2, -0.15) is 5.10 Å². The summed E-state index contributed by atoms with van der Waals surface area (Å²) in [6, 6.07) is 21.1. The zero-order valence-electron chi connectivity index (χ0n) is 16.8. The summed E-state index contributed by atoms with van der Waals surface area (Å²) in [6.07, 6.45) is 0.876. The predicted octanol–water partition coefficient (Wildman–Crippen LogP) is 6.54. The number of thiazole rings is 1. The van der Waals surface area contributed by atoms with Gasteiger partial charge in [-0.15, -0.1) is 22.7 Å². The first kappa shape index (κ1) is 19.0. The van der Waals surface area contributed by atoms with Crippen molar-refractivity contribution < 1.29 is 4.74 Å². The summed E-state index contributed by atoms with van der Waals surface area (Å²) >= 11 is 3.37. The molecule has 0 saturated heterocycles. The SMILES string of the molecule is COc1ccc(-c2csc(N3N=C(c4cccs4)C[C@@H]3c3ccc(C)cc3)n2)cc1. The third-order valence-corrected chi connectivity index (χ3v) is 7.00. The highest BCUT2D eigenvalue weighted by atomic mass is 32.1. The maximum Gasteiger partial charge on any atom is 0.207 e. The summed E-state index contributed by atoms with van der Waals surface area (Å²) in [4.78, 5) is 6.15. The van der Waals surface area contributed by atoms with Gasteiger partial charge in [0.25, 0.3) is 0 Å². The van der Waals surface area contributed by atoms with E-state index in [0.717, 1.165) is 34.3 Å². The number of hydrazone groups is 1. The number of hydrogen-bond donors (Lipinski definition) is 0. The van der Waals surface area contributed by atoms with Crippen molar-refractivity contribution in [1.82, 2.24) is 4.98 Å². The molecule has 6 heteroatoms. The molecule has 30 heavy (non-hydrogen) atoms. The van der Waals surface area contributed by atoms with Crippen molar-refractivity contribution in [3.05, 3.63) is 87.4 Å². The fraction of sp³-hybridized carbons (Fsp3) is 0.167. The minimum absolute atomic E-state index is 0.151. The van der Waals surface area contributed by atoms with Crippen molar-refractivity contribution >= 4 is 33.5 Å². The number of nitrogens with zero attached hydrogens (tertiary/aromatic N) is 3. The van der Waals surface area contributed by atoms with Gasteiger partial charge in [-0.05, 0) is 48.2 Å². The zero-order valence-corrected chi connectivity index (χ0v) is 18.4. The van der Waals surface area contributed by atoms with Crippen LogP contribution in [0.1, 0.15) is 28.5 Å². The molecule has 0 spiro atoms. The Hall–Kier alpha value is -2.96. The largest absolute Gasteiger partial charge is 0.497 e. The predicted molar refractivity (Wildman–Crippen MR) is 126 cm³/mol. The molecule has 0 saturated carbocycles. The summed E-state index contributed by atoms with van der Waals surface area (Å²) < 4.78 is 5.27. The average Bonchev–Trinajstić information content (AvgIpc) is 3.54. The van der Waals surface area contributed by atoms with Gasteiger partial charge in [-0.1, -0.05) is 35.9 Å². The summed E-state index contributed by atoms with van der Waals surface area (Å²) in [5, 5.41) is 12.2. The second-order valence-corrected chi connectivity index (χ2v) is 9.03. The molecule has 0 bridgehead atoms. The fourth-order valence-electron chi connectivity index (χ4n) is 3.59. The van der Waals surface area contributed by atoms with E-state index >= 15 is 0 Å². The van der Waals surface area contributed by atoms with Crippen LogP contribution in [0.15, 0.2) is 76.5 Å². The van der Waals surface area contributed by atoms with E-state index in [2.05, 4.69) is 59.1 Å². The minimum atomic E-state index is 0.151. The second-order valence-electron chi connectivity index (χ2n) is 7.24. The molecule has 0 radical (unpaired) electrons. The standard InChI is InChI=1S/C24H21N3OS2/c1-16-5-7-18(8-6-16)22-14-20(23-4-3-13-29-23)26-27(22)24-25-21(15-30-24)17-9-11-19(28-2)12-10-17/h3-13,15,22H,14H2,1-2H3/t22-/m1/s1. The Balaban J connectivity index is 1.50. The highest BCUT2D eigenvalue weighted by Crippen LogP contribution is 2.40. The van der Waals surface area contributed by atoms with Crippen molar-refractivity contribution in [1.29, 1.82) is 0 Å². The van der Waals surface area contributed by atoms with Gasteiger partial charge in [-0.3, -0.25) is 0 Å². The van der Waals surface area contributed by atoms with Crippen molar-refractivity contribution in [3.63, 3.8) is 0 Å². The Morgan fingerprint density at radius 1 is 1.00 bits per heavy atom. The van der Waals surface area contributed by atoms with Crippen LogP contribution in [0.5, 0.6) is 5.75 Å². The Labute approximate surface area is 184 Å². The molecule has 5 rings (SSSR count). The van der Waals surface area contributed by atoms with Crippen LogP contribution in [0.4, 0.5) is 5.13 Å². The molecule has 2 aromatic heterocycles. The topological polar surface area (TPSA) is 37.7 Å². The first-order chi connectivity index (χ1) is 14.7. The van der Waals surface area contributed by atoms with E-state index in [9.17, 15) is 0 Å². The zero-order chi connectivity index (χ0) is 20.5. The van der Waals surface area contributed by atoms with Crippen molar-refractivity contribution in [2.45, 2.75) is 19.4 Å². The smallest absolute Gasteiger partial charge is 0.207 e. The third-order valence-electron chi connectivity index (χ3n) is 5.25. The molecule has 0 aliphatic carbocycles. The van der Waals surface area contributed by atoms with Crippen LogP contribution >= 0.6 is 22.7 Å². The summed E-state index contributed by atoms with van der Waals surface area (Å²) in [5.74, 6) is 0.846. The van der Waals surface area contributed by atoms with Crippen molar-refractivity contribution in [3.8, 4) is 17.0 Å². The number of thiophene rings is 1. The quantitative estimate of drug-likeness (QED) is 0.360. The maximum atomic E-state index is 5.27. The van der Waals surface area contributed by atoms with Gasteiger partial charge < -0.3 is 4.74 Å². The highest BCUT2D eigenvalue weighted by molar-refractivity contribution is 7.14. The molecule has 4 aromatic rings. The van der Waals surface area contributed by atoms with Crippen LogP contribution in [-0.4, -0.2) is 17.8 Å². The van der Waals surface area contributed by atoms with Crippen LogP contribution in [-0.2, 0) is 0 Å². The molecule has 1 aliphatic heterocycles. The molecular weight excluding hydrogens is 410 g/mol. The molecule has 1 atom stereocenters. The van der Waals surface area contributed by atoms with E-state index in [1.807, 2.05) is 24.3 Å². The Bertz CT molecular complexity index is 1160. The molecule has 0 amide bonds. The van der Waals surface area contributed by atoms with E-state index in [4.69, 9.17) is 14.8 Å². The van der Waals surface area contributed by atoms with Crippen molar-refractivity contribution in [2.24, 2.45) is 5.10 Å². The second kappa shape index (κ2) is 8.05. The fourth-order valence-corrected chi connectivity index (χ4v) is 5.14. The Morgan fingerprint density at radius 3 is 2.50 bits per heavy atom. The van der Waals surface area contributed by atoms with E-state index in [0.29, 0.717) is 0 Å². The van der Waals surface area contributed by atoms with Gasteiger partial charge in [0.2, 0.25) is 5.13 Å². The number of methoxy groups -OCH3 is 1. The third kappa shape index (κ3) is 3.64. The number of rotatable bonds is 5. The summed E-state index contributed by atoms with van der Waals surface area (Å²) in [5.41, 5.74) is 5.68. The van der Waals surface area contributed by atoms with E-state index < -0.39 is 0 Å². The Kier molecular flexibility index (Phi) is 5.11. The van der Waals surface area contributed by atoms with Gasteiger partial charge in [0.1, 0.15) is 5.75 Å². The van der Waals surface area contributed by atoms with Crippen LogP contribution < -0.4 is 9.75 Å². The number of aryl methyl sites for hydroxylation is 1. The van der Waals surface area contributed by atoms with Crippen LogP contribution in [0.2, 0.25) is 0 Å². The number of anilines is 1. The van der Waals surface area contributed by atoms with E-state index in [1.165, 1.54) is 16.0 Å². The van der Waals surface area contributed by atoms with E-state index in [-0.39, 0.29) is 6.04 Å². The lowest BCUT2D eigenvalue weighted by atomic mass is 10.0. The molecule has 4 nitrogen and oxygen atoms in total. The molecular formula is C24H21N3OS2. The molecule has 1 aliphatic rings. The van der Waals surface area contributed by atoms with Gasteiger partial charge >= 0.3 is 0 Å². The number of ether oxygens (including phenoxy) is 1. The molecule has 0 N–H and O–H groups in total. The number of hydrogen-bond acceptors (Lipinski definition) is 6. The molecule has 0 fully saturated rings. The average molecular weight is 432 g/mol. The van der Waals surface area contributed by atoms with Crippen LogP contribution in [0.3, 0.4) is 0 Å². The first-order valence-corrected chi connectivity index (χ1v) is 11.5. The molecule has 3 heterocycles. The van der Waals surface area contributed by atoms with Gasteiger partial charge in [0.05, 0.1) is 29.4 Å². The Morgan fingerprint density at radius 2 is 1.80 bits per heavy atom. The molecule has 0 unspecified atom stereocenters. The number of benzene rings is 2. The number of aromatic nitrogens is 1. The van der Waals surface area contributed by atoms with Crippen molar-refractivity contribution in [2.75, 3.05) is 12.1 Å². The van der Waals surface area contributed by atoms with E-state index in [1.54, 1.807) is 29.8 Å². The van der Waals surface area contributed by atoms with Gasteiger partial charge in [0, 0.05) is 17.4 Å². The molecule has 2 aromatic carbocycles. The normalized spacial score (nSPS) is 16.0.